The van der Waals surface area contributed by atoms with E-state index in [-0.39, 0.29) is 17.0 Å². The van der Waals surface area contributed by atoms with E-state index in [0.29, 0.717) is 24.8 Å². The maximum atomic E-state index is 11.8. The second-order valence-corrected chi connectivity index (χ2v) is 8.73. The number of Topliss-reactive ketones (excluding diaryl/α,β-unsaturated/α-hetero) is 2. The minimum Gasteiger partial charge on any atom is -0.294 e. The van der Waals surface area contributed by atoms with Gasteiger partial charge in [-0.15, -0.1) is 0 Å². The van der Waals surface area contributed by atoms with Gasteiger partial charge in [0.2, 0.25) is 0 Å². The van der Waals surface area contributed by atoms with Gasteiger partial charge in [-0.3, -0.25) is 9.59 Å². The third-order valence-electron chi connectivity index (χ3n) is 5.69. The normalized spacial score (nSPS) is 22.0. The molecular weight excluding hydrogens is 344 g/mol. The lowest BCUT2D eigenvalue weighted by Gasteiger charge is -2.32. The summed E-state index contributed by atoms with van der Waals surface area (Å²) in [5.41, 5.74) is 5.80. The van der Waals surface area contributed by atoms with Crippen LogP contribution in [0, 0.1) is 5.41 Å². The number of hydrogen-bond acceptors (Lipinski definition) is 2. The average molecular weight is 379 g/mol. The molecule has 150 valence electrons. The number of ketones is 2. The number of carbonyl (C=O) groups is 2. The second kappa shape index (κ2) is 9.82. The Hall–Kier alpha value is -2.22. The number of carbonyl (C=O) groups excluding carboxylic acids is 2. The van der Waals surface area contributed by atoms with Gasteiger partial charge >= 0.3 is 0 Å². The van der Waals surface area contributed by atoms with Gasteiger partial charge in [0.25, 0.3) is 0 Å². The van der Waals surface area contributed by atoms with Gasteiger partial charge in [0.1, 0.15) is 0 Å². The molecule has 0 spiro atoms. The molecule has 0 aromatic rings. The van der Waals surface area contributed by atoms with E-state index in [4.69, 9.17) is 0 Å². The van der Waals surface area contributed by atoms with Crippen molar-refractivity contribution in [2.24, 2.45) is 5.41 Å². The molecule has 0 N–H and O–H groups in total. The quantitative estimate of drug-likeness (QED) is 0.301. The zero-order valence-corrected chi connectivity index (χ0v) is 18.1. The average Bonchev–Trinajstić information content (AvgIpc) is 2.60. The van der Waals surface area contributed by atoms with E-state index in [0.717, 1.165) is 5.57 Å². The maximum absolute atomic E-state index is 11.8. The summed E-state index contributed by atoms with van der Waals surface area (Å²) in [6, 6.07) is 0. The molecule has 1 fully saturated rings. The first-order chi connectivity index (χ1) is 13.2. The smallest absolute Gasteiger partial charge is 0.166 e. The van der Waals surface area contributed by atoms with Crippen LogP contribution in [0.4, 0.5) is 0 Å². The van der Waals surface area contributed by atoms with Crippen molar-refractivity contribution in [3.8, 4) is 0 Å². The van der Waals surface area contributed by atoms with Crippen LogP contribution in [0.2, 0.25) is 0 Å². The van der Waals surface area contributed by atoms with E-state index in [1.807, 2.05) is 25.2 Å². The highest BCUT2D eigenvalue weighted by atomic mass is 16.1. The van der Waals surface area contributed by atoms with Gasteiger partial charge in [-0.2, -0.15) is 0 Å². The molecule has 2 rings (SSSR count). The van der Waals surface area contributed by atoms with Gasteiger partial charge in [0.05, 0.1) is 5.57 Å². The molecule has 2 aliphatic carbocycles. The third kappa shape index (κ3) is 6.15. The molecule has 0 radical (unpaired) electrons. The first-order valence-electron chi connectivity index (χ1n) is 10.4. The fourth-order valence-corrected chi connectivity index (χ4v) is 3.92. The van der Waals surface area contributed by atoms with Crippen LogP contribution in [0.5, 0.6) is 0 Å². The zero-order chi connectivity index (χ0) is 20.7. The molecule has 0 aliphatic heterocycles. The minimum atomic E-state index is -0.0274. The molecule has 1 saturated carbocycles. The Morgan fingerprint density at radius 2 is 1.54 bits per heavy atom. The molecule has 0 aromatic carbocycles. The minimum absolute atomic E-state index is 0.0274. The Balaban J connectivity index is 2.02. The van der Waals surface area contributed by atoms with Crippen LogP contribution in [0.1, 0.15) is 73.1 Å². The number of hydrogen-bond donors (Lipinski definition) is 0. The maximum Gasteiger partial charge on any atom is 0.166 e. The van der Waals surface area contributed by atoms with Gasteiger partial charge in [0.15, 0.2) is 11.6 Å². The summed E-state index contributed by atoms with van der Waals surface area (Å²) >= 11 is 0. The first-order valence-corrected chi connectivity index (χ1v) is 10.4. The summed E-state index contributed by atoms with van der Waals surface area (Å²) in [5, 5.41) is 0. The second-order valence-electron chi connectivity index (χ2n) is 8.73. The molecule has 0 atom stereocenters. The Morgan fingerprint density at radius 3 is 2.18 bits per heavy atom. The summed E-state index contributed by atoms with van der Waals surface area (Å²) < 4.78 is 0. The fourth-order valence-electron chi connectivity index (χ4n) is 3.92. The Bertz CT molecular complexity index is 789. The molecule has 0 saturated heterocycles. The highest BCUT2D eigenvalue weighted by Crippen LogP contribution is 2.40. The summed E-state index contributed by atoms with van der Waals surface area (Å²) in [6.07, 6.45) is 19.5. The summed E-state index contributed by atoms with van der Waals surface area (Å²) in [6.45, 7) is 11.0. The van der Waals surface area contributed by atoms with Gasteiger partial charge in [-0.1, -0.05) is 67.0 Å². The molecule has 2 nitrogen and oxygen atoms in total. The SMILES string of the molecule is CC1=C(/C=C/C(C)=C/C=C/C(C)=C/C=C2C(=O)CCCC2=O)C(C)(C)CCC1. The van der Waals surface area contributed by atoms with E-state index in [1.165, 1.54) is 36.0 Å². The molecular formula is C26H34O2. The lowest BCUT2D eigenvalue weighted by atomic mass is 9.72. The molecule has 0 aromatic heterocycles. The van der Waals surface area contributed by atoms with Crippen LogP contribution < -0.4 is 0 Å². The molecule has 0 unspecified atom stereocenters. The summed E-state index contributed by atoms with van der Waals surface area (Å²) in [5.74, 6) is -0.0548. The molecule has 0 bridgehead atoms. The van der Waals surface area contributed by atoms with Crippen molar-refractivity contribution < 1.29 is 9.59 Å². The van der Waals surface area contributed by atoms with E-state index in [9.17, 15) is 9.59 Å². The van der Waals surface area contributed by atoms with Crippen LogP contribution >= 0.6 is 0 Å². The third-order valence-corrected chi connectivity index (χ3v) is 5.69. The van der Waals surface area contributed by atoms with Crippen molar-refractivity contribution in [1.29, 1.82) is 0 Å². The van der Waals surface area contributed by atoms with Crippen LogP contribution in [0.15, 0.2) is 70.4 Å². The Kier molecular flexibility index (Phi) is 7.74. The number of allylic oxidation sites excluding steroid dienone is 12. The summed E-state index contributed by atoms with van der Waals surface area (Å²) in [4.78, 5) is 23.7. The Labute approximate surface area is 170 Å². The zero-order valence-electron chi connectivity index (χ0n) is 18.1. The highest BCUT2D eigenvalue weighted by Gasteiger charge is 2.26. The van der Waals surface area contributed by atoms with E-state index in [2.05, 4.69) is 45.9 Å². The summed E-state index contributed by atoms with van der Waals surface area (Å²) in [7, 11) is 0. The van der Waals surface area contributed by atoms with E-state index < -0.39 is 0 Å². The van der Waals surface area contributed by atoms with Crippen LogP contribution in [-0.4, -0.2) is 11.6 Å². The van der Waals surface area contributed by atoms with Gasteiger partial charge in [-0.25, -0.2) is 0 Å². The monoisotopic (exact) mass is 378 g/mol. The standard InChI is InChI=1S/C26H34O2/c1-19(14-16-22-24(27)12-7-13-25(22)28)9-6-10-20(2)15-17-23-21(3)11-8-18-26(23,4)5/h6,9-10,14-17H,7-8,11-13,18H2,1-5H3/b9-6+,17-15+,19-14+,20-10+. The van der Waals surface area contributed by atoms with Crippen LogP contribution in [-0.2, 0) is 9.59 Å². The van der Waals surface area contributed by atoms with Gasteiger partial charge in [-0.05, 0) is 63.5 Å². The largest absolute Gasteiger partial charge is 0.294 e. The molecule has 2 heteroatoms. The van der Waals surface area contributed by atoms with Crippen molar-refractivity contribution in [3.63, 3.8) is 0 Å². The van der Waals surface area contributed by atoms with Crippen molar-refractivity contribution in [1.82, 2.24) is 0 Å². The Morgan fingerprint density at radius 1 is 0.893 bits per heavy atom. The lowest BCUT2D eigenvalue weighted by molar-refractivity contribution is -0.123. The number of rotatable bonds is 5. The molecule has 0 heterocycles. The van der Waals surface area contributed by atoms with Gasteiger partial charge < -0.3 is 0 Å². The molecule has 0 amide bonds. The van der Waals surface area contributed by atoms with Crippen LogP contribution in [0.25, 0.3) is 0 Å². The highest BCUT2D eigenvalue weighted by molar-refractivity contribution is 6.21. The van der Waals surface area contributed by atoms with Crippen molar-refractivity contribution in [2.45, 2.75) is 73.1 Å². The van der Waals surface area contributed by atoms with Crippen molar-refractivity contribution in [3.05, 3.63) is 70.4 Å². The van der Waals surface area contributed by atoms with E-state index in [1.54, 1.807) is 6.08 Å². The van der Waals surface area contributed by atoms with Crippen molar-refractivity contribution in [2.75, 3.05) is 0 Å². The fraction of sp³-hybridized carbons (Fsp3) is 0.462. The van der Waals surface area contributed by atoms with Gasteiger partial charge in [0, 0.05) is 12.8 Å². The van der Waals surface area contributed by atoms with E-state index >= 15 is 0 Å². The lowest BCUT2D eigenvalue weighted by Crippen LogP contribution is -2.19. The topological polar surface area (TPSA) is 34.1 Å². The molecule has 28 heavy (non-hydrogen) atoms. The van der Waals surface area contributed by atoms with Crippen molar-refractivity contribution >= 4 is 11.6 Å². The van der Waals surface area contributed by atoms with Crippen LogP contribution in [0.3, 0.4) is 0 Å². The predicted octanol–water partition coefficient (Wildman–Crippen LogP) is 6.77. The first kappa shape index (κ1) is 22.1. The molecule has 2 aliphatic rings. The predicted molar refractivity (Wildman–Crippen MR) is 118 cm³/mol.